The standard InChI is InChI=1S/C16H23NO4/c1-11-9-13(11)14-8-7-12(21-14)10-17(2)15(18)5-3-4-6-16(19)20/h7-8,11,13H,3-6,9-10H2,1-2H3,(H,19,20). The lowest BCUT2D eigenvalue weighted by atomic mass is 10.2. The van der Waals surface area contributed by atoms with E-state index in [-0.39, 0.29) is 12.3 Å². The Kier molecular flexibility index (Phi) is 5.04. The number of aliphatic carboxylic acids is 1. The number of hydrogen-bond acceptors (Lipinski definition) is 3. The van der Waals surface area contributed by atoms with Gasteiger partial charge in [-0.15, -0.1) is 0 Å². The van der Waals surface area contributed by atoms with Crippen LogP contribution in [0.25, 0.3) is 0 Å². The third kappa shape index (κ3) is 4.62. The molecule has 0 aliphatic heterocycles. The molecule has 1 aliphatic rings. The zero-order valence-corrected chi connectivity index (χ0v) is 12.7. The molecule has 1 aliphatic carbocycles. The Bertz CT molecular complexity index is 508. The van der Waals surface area contributed by atoms with E-state index in [1.807, 2.05) is 12.1 Å². The lowest BCUT2D eigenvalue weighted by molar-refractivity contribution is -0.137. The Labute approximate surface area is 124 Å². The molecule has 0 saturated heterocycles. The topological polar surface area (TPSA) is 70.8 Å². The van der Waals surface area contributed by atoms with Gasteiger partial charge in [0.15, 0.2) is 0 Å². The second-order valence-electron chi connectivity index (χ2n) is 5.97. The summed E-state index contributed by atoms with van der Waals surface area (Å²) in [6.07, 6.45) is 2.85. The number of carboxylic acid groups (broad SMARTS) is 1. The quantitative estimate of drug-likeness (QED) is 0.748. The van der Waals surface area contributed by atoms with E-state index in [1.54, 1.807) is 11.9 Å². The van der Waals surface area contributed by atoms with Crippen molar-refractivity contribution in [3.05, 3.63) is 23.7 Å². The van der Waals surface area contributed by atoms with E-state index in [0.717, 1.165) is 11.5 Å². The molecule has 1 aromatic rings. The van der Waals surface area contributed by atoms with Crippen LogP contribution in [-0.4, -0.2) is 28.9 Å². The Morgan fingerprint density at radius 3 is 2.62 bits per heavy atom. The van der Waals surface area contributed by atoms with Gasteiger partial charge in [-0.3, -0.25) is 9.59 Å². The van der Waals surface area contributed by atoms with Gasteiger partial charge in [-0.2, -0.15) is 0 Å². The number of carboxylic acids is 1. The average Bonchev–Trinajstić information content (AvgIpc) is 2.97. The van der Waals surface area contributed by atoms with E-state index in [2.05, 4.69) is 6.92 Å². The minimum absolute atomic E-state index is 0.0260. The van der Waals surface area contributed by atoms with E-state index < -0.39 is 5.97 Å². The number of amides is 1. The van der Waals surface area contributed by atoms with Crippen LogP contribution in [0.3, 0.4) is 0 Å². The van der Waals surface area contributed by atoms with Crippen molar-refractivity contribution in [1.29, 1.82) is 0 Å². The maximum Gasteiger partial charge on any atom is 0.303 e. The van der Waals surface area contributed by atoms with E-state index in [0.29, 0.717) is 37.6 Å². The molecule has 1 amide bonds. The van der Waals surface area contributed by atoms with Gasteiger partial charge < -0.3 is 14.4 Å². The molecule has 1 N–H and O–H groups in total. The molecule has 0 aromatic carbocycles. The number of furan rings is 1. The van der Waals surface area contributed by atoms with Crippen LogP contribution >= 0.6 is 0 Å². The molecule has 2 rings (SSSR count). The zero-order valence-electron chi connectivity index (χ0n) is 12.7. The first kappa shape index (κ1) is 15.6. The van der Waals surface area contributed by atoms with Crippen molar-refractivity contribution in [2.75, 3.05) is 7.05 Å². The molecule has 1 fully saturated rings. The van der Waals surface area contributed by atoms with Gasteiger partial charge in [0.05, 0.1) is 6.54 Å². The molecule has 2 unspecified atom stereocenters. The highest BCUT2D eigenvalue weighted by Crippen LogP contribution is 2.47. The Balaban J connectivity index is 1.72. The largest absolute Gasteiger partial charge is 0.481 e. The molecular formula is C16H23NO4. The number of unbranched alkanes of at least 4 members (excludes halogenated alkanes) is 1. The van der Waals surface area contributed by atoms with E-state index >= 15 is 0 Å². The fourth-order valence-corrected chi connectivity index (χ4v) is 2.46. The maximum absolute atomic E-state index is 11.9. The smallest absolute Gasteiger partial charge is 0.303 e. The Hall–Kier alpha value is -1.78. The minimum atomic E-state index is -0.812. The van der Waals surface area contributed by atoms with Crippen LogP contribution in [0.2, 0.25) is 0 Å². The summed E-state index contributed by atoms with van der Waals surface area (Å²) in [5.74, 6) is 2.31. The zero-order chi connectivity index (χ0) is 15.4. The molecule has 0 bridgehead atoms. The van der Waals surface area contributed by atoms with E-state index in [4.69, 9.17) is 9.52 Å². The average molecular weight is 293 g/mol. The highest BCUT2D eigenvalue weighted by atomic mass is 16.4. The van der Waals surface area contributed by atoms with Crippen molar-refractivity contribution in [2.24, 2.45) is 5.92 Å². The molecule has 116 valence electrons. The SMILES string of the molecule is CC1CC1c1ccc(CN(C)C(=O)CCCCC(=O)O)o1. The van der Waals surface area contributed by atoms with Crippen LogP contribution in [0.5, 0.6) is 0 Å². The normalized spacial score (nSPS) is 20.3. The Morgan fingerprint density at radius 2 is 2.00 bits per heavy atom. The molecule has 5 nitrogen and oxygen atoms in total. The van der Waals surface area contributed by atoms with E-state index in [1.165, 1.54) is 6.42 Å². The number of carbonyl (C=O) groups is 2. The van der Waals surface area contributed by atoms with E-state index in [9.17, 15) is 9.59 Å². The summed E-state index contributed by atoms with van der Waals surface area (Å²) < 4.78 is 5.78. The summed E-state index contributed by atoms with van der Waals surface area (Å²) >= 11 is 0. The van der Waals surface area contributed by atoms with Crippen LogP contribution in [0.1, 0.15) is 56.5 Å². The van der Waals surface area contributed by atoms with Gasteiger partial charge in [0.25, 0.3) is 0 Å². The summed E-state index contributed by atoms with van der Waals surface area (Å²) in [6.45, 7) is 2.68. The second kappa shape index (κ2) is 6.78. The summed E-state index contributed by atoms with van der Waals surface area (Å²) in [6, 6.07) is 3.95. The molecule has 1 heterocycles. The molecule has 1 saturated carbocycles. The van der Waals surface area contributed by atoms with Crippen LogP contribution in [-0.2, 0) is 16.1 Å². The number of nitrogens with zero attached hydrogens (tertiary/aromatic N) is 1. The van der Waals surface area contributed by atoms with Crippen LogP contribution < -0.4 is 0 Å². The van der Waals surface area contributed by atoms with Crippen molar-refractivity contribution in [3.8, 4) is 0 Å². The molecule has 0 spiro atoms. The first-order chi connectivity index (χ1) is 9.97. The van der Waals surface area contributed by atoms with Gasteiger partial charge >= 0.3 is 5.97 Å². The summed E-state index contributed by atoms with van der Waals surface area (Å²) in [4.78, 5) is 24.0. The first-order valence-corrected chi connectivity index (χ1v) is 7.51. The van der Waals surface area contributed by atoms with Gasteiger partial charge in [0, 0.05) is 25.8 Å². The van der Waals surface area contributed by atoms with Crippen molar-refractivity contribution in [1.82, 2.24) is 4.90 Å². The summed E-state index contributed by atoms with van der Waals surface area (Å²) in [7, 11) is 1.75. The molecule has 5 heteroatoms. The lowest BCUT2D eigenvalue weighted by Gasteiger charge is -2.15. The van der Waals surface area contributed by atoms with Gasteiger partial charge in [-0.1, -0.05) is 6.92 Å². The number of carbonyl (C=O) groups excluding carboxylic acids is 1. The number of rotatable bonds is 8. The summed E-state index contributed by atoms with van der Waals surface area (Å²) in [5, 5.41) is 8.55. The van der Waals surface area contributed by atoms with Gasteiger partial charge in [-0.25, -0.2) is 0 Å². The van der Waals surface area contributed by atoms with Crippen molar-refractivity contribution in [3.63, 3.8) is 0 Å². The first-order valence-electron chi connectivity index (χ1n) is 7.51. The molecule has 2 atom stereocenters. The molecule has 0 radical (unpaired) electrons. The van der Waals surface area contributed by atoms with Gasteiger partial charge in [0.2, 0.25) is 5.91 Å². The number of hydrogen-bond donors (Lipinski definition) is 1. The van der Waals surface area contributed by atoms with Crippen molar-refractivity contribution < 1.29 is 19.1 Å². The molecule has 1 aromatic heterocycles. The van der Waals surface area contributed by atoms with Gasteiger partial charge in [-0.05, 0) is 37.3 Å². The minimum Gasteiger partial charge on any atom is -0.481 e. The predicted octanol–water partition coefficient (Wildman–Crippen LogP) is 3.01. The predicted molar refractivity (Wildman–Crippen MR) is 77.8 cm³/mol. The van der Waals surface area contributed by atoms with Gasteiger partial charge in [0.1, 0.15) is 11.5 Å². The van der Waals surface area contributed by atoms with Crippen molar-refractivity contribution in [2.45, 2.75) is 51.5 Å². The monoisotopic (exact) mass is 293 g/mol. The van der Waals surface area contributed by atoms with Crippen LogP contribution in [0, 0.1) is 5.92 Å². The fourth-order valence-electron chi connectivity index (χ4n) is 2.46. The molecule has 21 heavy (non-hydrogen) atoms. The highest BCUT2D eigenvalue weighted by molar-refractivity contribution is 5.75. The van der Waals surface area contributed by atoms with Crippen molar-refractivity contribution >= 4 is 11.9 Å². The maximum atomic E-state index is 11.9. The third-order valence-corrected chi connectivity index (χ3v) is 4.01. The van der Waals surface area contributed by atoms with Crippen LogP contribution in [0.15, 0.2) is 16.5 Å². The highest BCUT2D eigenvalue weighted by Gasteiger charge is 2.36. The lowest BCUT2D eigenvalue weighted by Crippen LogP contribution is -2.25. The van der Waals surface area contributed by atoms with Crippen LogP contribution in [0.4, 0.5) is 0 Å². The third-order valence-electron chi connectivity index (χ3n) is 4.01. The second-order valence-corrected chi connectivity index (χ2v) is 5.97. The summed E-state index contributed by atoms with van der Waals surface area (Å²) in [5.41, 5.74) is 0. The fraction of sp³-hybridized carbons (Fsp3) is 0.625. The Morgan fingerprint density at radius 1 is 1.33 bits per heavy atom. The molecular weight excluding hydrogens is 270 g/mol.